The number of carbonyl (C=O) groups is 4. The number of allylic oxidation sites excluding steroid dienone is 16. The highest BCUT2D eigenvalue weighted by Gasteiger charge is 2.30. The molecule has 590 valence electrons. The third-order valence-corrected chi connectivity index (χ3v) is 18.9. The van der Waals surface area contributed by atoms with Crippen LogP contribution in [0.5, 0.6) is 0 Å². The number of ether oxygens (including phenoxy) is 4. The number of carbonyl (C=O) groups excluding carboxylic acids is 4. The van der Waals surface area contributed by atoms with E-state index in [0.29, 0.717) is 25.7 Å². The minimum atomic E-state index is -4.98. The van der Waals surface area contributed by atoms with E-state index in [1.165, 1.54) is 77.0 Å². The molecule has 0 aliphatic carbocycles. The van der Waals surface area contributed by atoms with Gasteiger partial charge in [0, 0.05) is 25.7 Å². The Morgan fingerprint density at radius 3 is 0.794 bits per heavy atom. The van der Waals surface area contributed by atoms with Crippen molar-refractivity contribution in [3.8, 4) is 0 Å². The molecule has 0 saturated carbocycles. The van der Waals surface area contributed by atoms with E-state index in [-0.39, 0.29) is 25.7 Å². The third-order valence-electron chi connectivity index (χ3n) is 17.0. The van der Waals surface area contributed by atoms with Crippen LogP contribution in [0.4, 0.5) is 0 Å². The zero-order chi connectivity index (χ0) is 74.6. The van der Waals surface area contributed by atoms with Gasteiger partial charge in [-0.2, -0.15) is 0 Å². The molecule has 3 N–H and O–H groups in total. The molecule has 5 unspecified atom stereocenters. The second-order valence-electron chi connectivity index (χ2n) is 27.0. The molecule has 0 spiro atoms. The Balaban J connectivity index is 5.35. The number of rotatable bonds is 76. The lowest BCUT2D eigenvalue weighted by atomic mass is 10.1. The molecule has 17 nitrogen and oxygen atoms in total. The minimum Gasteiger partial charge on any atom is -0.462 e. The fourth-order valence-corrected chi connectivity index (χ4v) is 12.4. The van der Waals surface area contributed by atoms with E-state index in [9.17, 15) is 43.2 Å². The van der Waals surface area contributed by atoms with Gasteiger partial charge < -0.3 is 33.8 Å². The molecule has 19 heteroatoms. The Kier molecular flexibility index (Phi) is 72.3. The van der Waals surface area contributed by atoms with Gasteiger partial charge in [0.15, 0.2) is 12.2 Å². The summed E-state index contributed by atoms with van der Waals surface area (Å²) in [5.74, 6) is -2.20. The second kappa shape index (κ2) is 75.2. The molecule has 0 saturated heterocycles. The van der Waals surface area contributed by atoms with Crippen molar-refractivity contribution in [2.24, 2.45) is 0 Å². The second-order valence-corrected chi connectivity index (χ2v) is 29.9. The van der Waals surface area contributed by atoms with Crippen molar-refractivity contribution in [2.75, 3.05) is 39.6 Å². The van der Waals surface area contributed by atoms with Crippen molar-refractivity contribution in [2.45, 2.75) is 367 Å². The number of aliphatic hydroxyl groups excluding tert-OH is 1. The molecule has 0 aromatic rings. The van der Waals surface area contributed by atoms with Crippen LogP contribution in [0.15, 0.2) is 97.2 Å². The number of aliphatic hydroxyl groups is 1. The van der Waals surface area contributed by atoms with Gasteiger partial charge in [-0.1, -0.05) is 292 Å². The summed E-state index contributed by atoms with van der Waals surface area (Å²) in [7, 11) is -9.96. The van der Waals surface area contributed by atoms with Crippen molar-refractivity contribution in [3.63, 3.8) is 0 Å². The van der Waals surface area contributed by atoms with Gasteiger partial charge in [-0.3, -0.25) is 37.3 Å². The van der Waals surface area contributed by atoms with Gasteiger partial charge in [0.05, 0.1) is 26.4 Å². The zero-order valence-corrected chi connectivity index (χ0v) is 66.3. The topological polar surface area (TPSA) is 237 Å². The van der Waals surface area contributed by atoms with Crippen LogP contribution in [-0.4, -0.2) is 96.7 Å². The first-order valence-corrected chi connectivity index (χ1v) is 43.5. The largest absolute Gasteiger partial charge is 0.472 e. The molecule has 0 heterocycles. The normalized spacial score (nSPS) is 14.4. The molecule has 0 aliphatic rings. The Bertz CT molecular complexity index is 2310. The third kappa shape index (κ3) is 74.3. The van der Waals surface area contributed by atoms with Crippen LogP contribution in [0.3, 0.4) is 0 Å². The summed E-state index contributed by atoms with van der Waals surface area (Å²) in [5.41, 5.74) is 0. The monoisotopic (exact) mass is 1480 g/mol. The first kappa shape index (κ1) is 98.0. The number of hydrogen-bond donors (Lipinski definition) is 3. The van der Waals surface area contributed by atoms with Gasteiger partial charge >= 0.3 is 39.5 Å². The first-order valence-electron chi connectivity index (χ1n) is 40.5. The number of phosphoric acid groups is 2. The molecule has 0 aromatic heterocycles. The van der Waals surface area contributed by atoms with Crippen molar-refractivity contribution in [3.05, 3.63) is 97.2 Å². The number of esters is 4. The van der Waals surface area contributed by atoms with Gasteiger partial charge in [0.1, 0.15) is 19.3 Å². The highest BCUT2D eigenvalue weighted by Crippen LogP contribution is 2.45. The number of hydrogen-bond acceptors (Lipinski definition) is 15. The van der Waals surface area contributed by atoms with Crippen molar-refractivity contribution in [1.82, 2.24) is 0 Å². The van der Waals surface area contributed by atoms with Crippen molar-refractivity contribution >= 4 is 39.5 Å². The number of unbranched alkanes of at least 4 members (excludes halogenated alkanes) is 34. The molecule has 0 amide bonds. The molecule has 0 bridgehead atoms. The lowest BCUT2D eigenvalue weighted by molar-refractivity contribution is -0.161. The molecular formula is C83H146O17P2. The van der Waals surface area contributed by atoms with Crippen LogP contribution in [0.1, 0.15) is 349 Å². The molecule has 0 rings (SSSR count). The van der Waals surface area contributed by atoms with E-state index in [0.717, 1.165) is 193 Å². The van der Waals surface area contributed by atoms with Crippen LogP contribution in [0, 0.1) is 0 Å². The molecule has 102 heavy (non-hydrogen) atoms. The van der Waals surface area contributed by atoms with Crippen LogP contribution in [-0.2, 0) is 65.4 Å². The summed E-state index contributed by atoms with van der Waals surface area (Å²) in [6.45, 7) is 4.74. The maximum absolute atomic E-state index is 13.1. The highest BCUT2D eigenvalue weighted by atomic mass is 31.2. The SMILES string of the molecule is CCC/C=C\C/C=C\CCCCCCCC(=O)OCC(COP(=O)(O)OCC(O)COP(=O)(O)OCC(COC(=O)CCCCCCCC/C=C\C/C=C\C/C=C\CCCCC)OC(=O)CCCCCCCC/C=C\C/C=C\C/C=C\CCCCC)OC(=O)CCCCCCCCCCCCC. The predicted octanol–water partition coefficient (Wildman–Crippen LogP) is 23.6. The Morgan fingerprint density at radius 2 is 0.500 bits per heavy atom. The standard InChI is InChI=1S/C83H146O17P2/c1-5-9-13-17-21-25-29-32-34-36-38-40-42-45-49-52-56-60-64-68-81(86)94-74-79(100-83(88)70-66-62-58-54-50-46-43-41-39-37-35-33-30-26-22-18-14-10-6-2)76-98-102(91,92)96-72-77(84)71-95-101(89,90)97-75-78(99-82(87)69-65-61-57-53-47-28-24-20-16-12-8-4)73-93-80(85)67-63-59-55-51-48-44-31-27-23-19-15-11-7-3/h15,19,21-22,25-27,31-35,38-41,77-79,84H,5-14,16-18,20,23-24,28-30,36-37,42-76H2,1-4H3,(H,89,90)(H,91,92)/b19-15-,25-21-,26-22-,31-27-,34-32-,35-33-,40-38-,41-39-. The van der Waals surface area contributed by atoms with E-state index in [2.05, 4.69) is 125 Å². The van der Waals surface area contributed by atoms with Crippen molar-refractivity contribution in [1.29, 1.82) is 0 Å². The van der Waals surface area contributed by atoms with Crippen LogP contribution in [0.2, 0.25) is 0 Å². The van der Waals surface area contributed by atoms with Gasteiger partial charge in [-0.25, -0.2) is 9.13 Å². The molecule has 0 radical (unpaired) electrons. The summed E-state index contributed by atoms with van der Waals surface area (Å²) in [4.78, 5) is 73.0. The first-order chi connectivity index (χ1) is 49.7. The average Bonchev–Trinajstić information content (AvgIpc) is 0.925. The Morgan fingerprint density at radius 1 is 0.275 bits per heavy atom. The fraction of sp³-hybridized carbons (Fsp3) is 0.759. The van der Waals surface area contributed by atoms with E-state index in [1.54, 1.807) is 0 Å². The van der Waals surface area contributed by atoms with Gasteiger partial charge in [0.25, 0.3) is 0 Å². The van der Waals surface area contributed by atoms with Crippen molar-refractivity contribution < 1.29 is 80.2 Å². The maximum Gasteiger partial charge on any atom is 0.472 e. The van der Waals surface area contributed by atoms with Gasteiger partial charge in [0.2, 0.25) is 0 Å². The molecular weight excluding hydrogens is 1330 g/mol. The Hall–Kier alpha value is -4.02. The average molecular weight is 1480 g/mol. The summed E-state index contributed by atoms with van der Waals surface area (Å²) in [6, 6.07) is 0. The van der Waals surface area contributed by atoms with Gasteiger partial charge in [-0.15, -0.1) is 0 Å². The molecule has 0 fully saturated rings. The summed E-state index contributed by atoms with van der Waals surface area (Å²) < 4.78 is 68.6. The smallest absolute Gasteiger partial charge is 0.462 e. The zero-order valence-electron chi connectivity index (χ0n) is 64.5. The summed E-state index contributed by atoms with van der Waals surface area (Å²) in [6.07, 6.45) is 79.5. The van der Waals surface area contributed by atoms with E-state index < -0.39 is 97.5 Å². The predicted molar refractivity (Wildman–Crippen MR) is 418 cm³/mol. The minimum absolute atomic E-state index is 0.0775. The maximum atomic E-state index is 13.1. The van der Waals surface area contributed by atoms with E-state index in [4.69, 9.17) is 37.0 Å². The highest BCUT2D eigenvalue weighted by molar-refractivity contribution is 7.47. The fourth-order valence-electron chi connectivity index (χ4n) is 10.8. The van der Waals surface area contributed by atoms with Crippen LogP contribution >= 0.6 is 15.6 Å². The lowest BCUT2D eigenvalue weighted by Crippen LogP contribution is -2.30. The Labute approximate surface area is 620 Å². The lowest BCUT2D eigenvalue weighted by Gasteiger charge is -2.21. The quantitative estimate of drug-likeness (QED) is 0.0169. The summed E-state index contributed by atoms with van der Waals surface area (Å²) in [5, 5.41) is 10.6. The van der Waals surface area contributed by atoms with E-state index >= 15 is 0 Å². The van der Waals surface area contributed by atoms with E-state index in [1.807, 2.05) is 0 Å². The summed E-state index contributed by atoms with van der Waals surface area (Å²) >= 11 is 0. The number of phosphoric ester groups is 2. The molecule has 5 atom stereocenters. The molecule has 0 aliphatic heterocycles. The van der Waals surface area contributed by atoms with Crippen LogP contribution < -0.4 is 0 Å². The van der Waals surface area contributed by atoms with Gasteiger partial charge in [-0.05, 0) is 128 Å². The van der Waals surface area contributed by atoms with Crippen LogP contribution in [0.25, 0.3) is 0 Å². The molecule has 0 aromatic carbocycles.